The van der Waals surface area contributed by atoms with Gasteiger partial charge in [0.15, 0.2) is 5.82 Å². The molecule has 166 valence electrons. The Kier molecular flexibility index (Phi) is 7.17. The number of carbonyl (C=O) groups excluding carboxylic acids is 1. The third kappa shape index (κ3) is 6.83. The lowest BCUT2D eigenvalue weighted by Gasteiger charge is -2.20. The average Bonchev–Trinajstić information content (AvgIpc) is 2.69. The molecule has 32 heavy (non-hydrogen) atoms. The van der Waals surface area contributed by atoms with Gasteiger partial charge in [-0.3, -0.25) is 10.3 Å². The number of aromatic nitrogens is 3. The number of nitrogens with two attached hydrogens (primary N) is 1. The Morgan fingerprint density at radius 2 is 1.91 bits per heavy atom. The third-order valence-electron chi connectivity index (χ3n) is 3.90. The molecule has 0 radical (unpaired) electrons. The Hall–Kier alpha value is -3.36. The van der Waals surface area contributed by atoms with Crippen LogP contribution in [0.5, 0.6) is 0 Å². The Bertz CT molecular complexity index is 1160. The van der Waals surface area contributed by atoms with Crippen LogP contribution in [0.4, 0.5) is 27.7 Å². The number of anilines is 4. The quantitative estimate of drug-likeness (QED) is 0.388. The standard InChI is InChI=1S/C22H22Cl2N6O2/c1-22(2,3)32-21(31)29-18-7-6-16(28-19-17(23)12-27-20(24)30-19)9-14(18)5-4-13-8-15(25)11-26-10-13/h4-12H,25H2,1-3H3,(H,29,31)(H,27,28,30). The molecule has 3 aromatic rings. The van der Waals surface area contributed by atoms with Crippen LogP contribution in [0.2, 0.25) is 10.3 Å². The van der Waals surface area contributed by atoms with Crippen LogP contribution in [-0.4, -0.2) is 26.6 Å². The van der Waals surface area contributed by atoms with E-state index in [0.717, 1.165) is 5.56 Å². The zero-order valence-electron chi connectivity index (χ0n) is 17.7. The molecule has 2 aromatic heterocycles. The van der Waals surface area contributed by atoms with E-state index in [0.29, 0.717) is 33.5 Å². The molecule has 1 aromatic carbocycles. The first-order valence-electron chi connectivity index (χ1n) is 9.57. The fourth-order valence-corrected chi connectivity index (χ4v) is 2.90. The summed E-state index contributed by atoms with van der Waals surface area (Å²) in [6, 6.07) is 7.10. The molecular formula is C22H22Cl2N6O2. The second kappa shape index (κ2) is 9.84. The van der Waals surface area contributed by atoms with Crippen molar-refractivity contribution in [1.82, 2.24) is 15.0 Å². The van der Waals surface area contributed by atoms with Crippen LogP contribution in [-0.2, 0) is 4.74 Å². The maximum atomic E-state index is 12.3. The Balaban J connectivity index is 1.93. The number of hydrogen-bond donors (Lipinski definition) is 3. The molecule has 0 spiro atoms. The lowest BCUT2D eigenvalue weighted by atomic mass is 10.1. The summed E-state index contributed by atoms with van der Waals surface area (Å²) in [5, 5.41) is 6.25. The van der Waals surface area contributed by atoms with Crippen molar-refractivity contribution in [3.63, 3.8) is 0 Å². The smallest absolute Gasteiger partial charge is 0.412 e. The highest BCUT2D eigenvalue weighted by Crippen LogP contribution is 2.28. The fourth-order valence-electron chi connectivity index (χ4n) is 2.63. The molecule has 2 heterocycles. The van der Waals surface area contributed by atoms with E-state index in [2.05, 4.69) is 25.6 Å². The van der Waals surface area contributed by atoms with Gasteiger partial charge in [-0.2, -0.15) is 4.98 Å². The Morgan fingerprint density at radius 1 is 1.12 bits per heavy atom. The fraction of sp³-hybridized carbons (Fsp3) is 0.182. The number of halogens is 2. The van der Waals surface area contributed by atoms with Gasteiger partial charge in [-0.25, -0.2) is 9.78 Å². The number of benzene rings is 1. The van der Waals surface area contributed by atoms with E-state index in [-0.39, 0.29) is 5.28 Å². The molecule has 3 rings (SSSR count). The van der Waals surface area contributed by atoms with Gasteiger partial charge in [0.05, 0.1) is 17.6 Å². The van der Waals surface area contributed by atoms with Gasteiger partial charge in [0.1, 0.15) is 10.6 Å². The number of pyridine rings is 1. The average molecular weight is 473 g/mol. The summed E-state index contributed by atoms with van der Waals surface area (Å²) in [5.74, 6) is 0.356. The van der Waals surface area contributed by atoms with Gasteiger partial charge in [-0.05, 0) is 62.2 Å². The molecule has 0 aliphatic heterocycles. The number of hydrogen-bond acceptors (Lipinski definition) is 7. The number of nitrogens with one attached hydrogen (secondary N) is 2. The van der Waals surface area contributed by atoms with E-state index in [1.165, 1.54) is 6.20 Å². The van der Waals surface area contributed by atoms with Crippen LogP contribution in [0, 0.1) is 0 Å². The summed E-state index contributed by atoms with van der Waals surface area (Å²) >= 11 is 12.0. The number of carbonyl (C=O) groups is 1. The highest BCUT2D eigenvalue weighted by molar-refractivity contribution is 6.33. The van der Waals surface area contributed by atoms with Gasteiger partial charge in [0, 0.05) is 23.6 Å². The van der Waals surface area contributed by atoms with E-state index < -0.39 is 11.7 Å². The zero-order chi connectivity index (χ0) is 23.3. The molecule has 0 saturated heterocycles. The SMILES string of the molecule is CC(C)(C)OC(=O)Nc1ccc(Nc2nc(Cl)ncc2Cl)cc1C=Cc1cncc(N)c1. The molecule has 0 bridgehead atoms. The molecule has 0 fully saturated rings. The molecule has 4 N–H and O–H groups in total. The molecule has 0 saturated carbocycles. The van der Waals surface area contributed by atoms with Crippen molar-refractivity contribution in [2.45, 2.75) is 26.4 Å². The summed E-state index contributed by atoms with van der Waals surface area (Å²) in [5.41, 5.74) is 8.43. The number of nitrogen functional groups attached to an aromatic ring is 1. The lowest BCUT2D eigenvalue weighted by molar-refractivity contribution is 0.0636. The predicted octanol–water partition coefficient (Wildman–Crippen LogP) is 6.02. The maximum Gasteiger partial charge on any atom is 0.412 e. The van der Waals surface area contributed by atoms with E-state index in [1.807, 2.05) is 18.2 Å². The van der Waals surface area contributed by atoms with E-state index >= 15 is 0 Å². The van der Waals surface area contributed by atoms with Crippen LogP contribution in [0.1, 0.15) is 31.9 Å². The second-order valence-corrected chi connectivity index (χ2v) is 8.52. The van der Waals surface area contributed by atoms with Crippen LogP contribution in [0.3, 0.4) is 0 Å². The minimum Gasteiger partial charge on any atom is -0.444 e. The molecule has 1 amide bonds. The zero-order valence-corrected chi connectivity index (χ0v) is 19.2. The first-order valence-corrected chi connectivity index (χ1v) is 10.3. The molecular weight excluding hydrogens is 451 g/mol. The van der Waals surface area contributed by atoms with Crippen LogP contribution >= 0.6 is 23.2 Å². The molecule has 0 atom stereocenters. The minimum atomic E-state index is -0.627. The molecule has 8 nitrogen and oxygen atoms in total. The van der Waals surface area contributed by atoms with Crippen molar-refractivity contribution in [2.75, 3.05) is 16.4 Å². The summed E-state index contributed by atoms with van der Waals surface area (Å²) in [6.07, 6.45) is 7.74. The van der Waals surface area contributed by atoms with Crippen molar-refractivity contribution >= 4 is 64.3 Å². The molecule has 0 aliphatic rings. The van der Waals surface area contributed by atoms with E-state index in [1.54, 1.807) is 51.4 Å². The Morgan fingerprint density at radius 3 is 2.62 bits per heavy atom. The molecule has 0 aliphatic carbocycles. The van der Waals surface area contributed by atoms with Gasteiger partial charge < -0.3 is 15.8 Å². The van der Waals surface area contributed by atoms with Crippen molar-refractivity contribution < 1.29 is 9.53 Å². The minimum absolute atomic E-state index is 0.0643. The van der Waals surface area contributed by atoms with E-state index in [4.69, 9.17) is 33.7 Å². The first kappa shape index (κ1) is 23.3. The lowest BCUT2D eigenvalue weighted by Crippen LogP contribution is -2.27. The van der Waals surface area contributed by atoms with Gasteiger partial charge >= 0.3 is 6.09 Å². The number of rotatable bonds is 5. The summed E-state index contributed by atoms with van der Waals surface area (Å²) in [7, 11) is 0. The van der Waals surface area contributed by atoms with Crippen molar-refractivity contribution in [1.29, 1.82) is 0 Å². The van der Waals surface area contributed by atoms with Gasteiger partial charge in [-0.1, -0.05) is 23.8 Å². The summed E-state index contributed by atoms with van der Waals surface area (Å²) in [4.78, 5) is 24.3. The molecule has 10 heteroatoms. The highest BCUT2D eigenvalue weighted by atomic mass is 35.5. The topological polar surface area (TPSA) is 115 Å². The Labute approximate surface area is 195 Å². The van der Waals surface area contributed by atoms with Crippen LogP contribution in [0.15, 0.2) is 42.9 Å². The van der Waals surface area contributed by atoms with Crippen LogP contribution in [0.25, 0.3) is 12.2 Å². The normalized spacial score (nSPS) is 11.4. The van der Waals surface area contributed by atoms with E-state index in [9.17, 15) is 4.79 Å². The molecule has 0 unspecified atom stereocenters. The third-order valence-corrected chi connectivity index (χ3v) is 4.36. The monoisotopic (exact) mass is 472 g/mol. The van der Waals surface area contributed by atoms with Gasteiger partial charge in [0.2, 0.25) is 5.28 Å². The number of ether oxygens (including phenoxy) is 1. The highest BCUT2D eigenvalue weighted by Gasteiger charge is 2.17. The maximum absolute atomic E-state index is 12.3. The van der Waals surface area contributed by atoms with Gasteiger partial charge in [-0.15, -0.1) is 0 Å². The first-order chi connectivity index (χ1) is 15.1. The van der Waals surface area contributed by atoms with Crippen molar-refractivity contribution in [3.8, 4) is 0 Å². The van der Waals surface area contributed by atoms with Crippen molar-refractivity contribution in [2.24, 2.45) is 0 Å². The van der Waals surface area contributed by atoms with Crippen LogP contribution < -0.4 is 16.4 Å². The number of nitrogens with zero attached hydrogens (tertiary/aromatic N) is 3. The predicted molar refractivity (Wildman–Crippen MR) is 129 cm³/mol. The van der Waals surface area contributed by atoms with Gasteiger partial charge in [0.25, 0.3) is 0 Å². The summed E-state index contributed by atoms with van der Waals surface area (Å²) in [6.45, 7) is 5.39. The van der Waals surface area contributed by atoms with Crippen molar-refractivity contribution in [3.05, 3.63) is 64.3 Å². The second-order valence-electron chi connectivity index (χ2n) is 7.77. The number of amides is 1. The largest absolute Gasteiger partial charge is 0.444 e. The summed E-state index contributed by atoms with van der Waals surface area (Å²) < 4.78 is 5.36.